The topological polar surface area (TPSA) is 160 Å². The molecule has 2 saturated carbocycles. The lowest BCUT2D eigenvalue weighted by atomic mass is 9.42. The highest BCUT2D eigenvalue weighted by atomic mass is 16.6. The van der Waals surface area contributed by atoms with Gasteiger partial charge in [-0.25, -0.2) is 9.59 Å². The molecule has 10 nitrogen and oxygen atoms in total. The lowest BCUT2D eigenvalue weighted by molar-refractivity contribution is -0.357. The highest BCUT2D eigenvalue weighted by molar-refractivity contribution is 5.97. The second-order valence-corrected chi connectivity index (χ2v) is 7.73. The molecule has 0 aromatic carbocycles. The molecule has 144 valence electrons. The average Bonchev–Trinajstić information content (AvgIpc) is 2.78. The Labute approximate surface area is 147 Å². The Hall–Kier alpha value is -1.75. The van der Waals surface area contributed by atoms with Crippen LogP contribution in [0.25, 0.3) is 0 Å². The number of cyclic esters (lactones) is 1. The molecule has 4 fully saturated rings. The van der Waals surface area contributed by atoms with E-state index in [1.165, 1.54) is 6.92 Å². The van der Waals surface area contributed by atoms with E-state index in [1.807, 2.05) is 0 Å². The van der Waals surface area contributed by atoms with Gasteiger partial charge in [0.15, 0.2) is 11.5 Å². The molecule has 2 heterocycles. The minimum absolute atomic E-state index is 0.324. The summed E-state index contributed by atoms with van der Waals surface area (Å²) in [5.74, 6) is -4.30. The van der Waals surface area contributed by atoms with Gasteiger partial charge in [-0.1, -0.05) is 6.92 Å². The van der Waals surface area contributed by atoms with Gasteiger partial charge in [-0.2, -0.15) is 0 Å². The molecule has 0 aromatic rings. The first kappa shape index (κ1) is 17.7. The Morgan fingerprint density at radius 1 is 1.23 bits per heavy atom. The molecule has 0 unspecified atom stereocenters. The number of carbonyl (C=O) groups excluding carboxylic acids is 3. The summed E-state index contributed by atoms with van der Waals surface area (Å²) in [6.07, 6.45) is -5.34. The number of methoxy groups -OCH3 is 1. The van der Waals surface area contributed by atoms with Crippen molar-refractivity contribution in [3.05, 3.63) is 0 Å². The Bertz CT molecular complexity index is 722. The van der Waals surface area contributed by atoms with Crippen LogP contribution in [0.2, 0.25) is 0 Å². The zero-order valence-corrected chi connectivity index (χ0v) is 14.2. The van der Waals surface area contributed by atoms with Crippen LogP contribution in [0.5, 0.6) is 0 Å². The van der Waals surface area contributed by atoms with E-state index in [-0.39, 0.29) is 6.42 Å². The largest absolute Gasteiger partial charge is 0.467 e. The average molecular weight is 372 g/mol. The van der Waals surface area contributed by atoms with Gasteiger partial charge in [-0.3, -0.25) is 4.79 Å². The van der Waals surface area contributed by atoms with Crippen molar-refractivity contribution in [2.24, 2.45) is 16.7 Å². The SMILES string of the molecule is COC(=O)[C@]1(O)[C@H]2C[C@]3([C@H](C)[C@@H](O)C[C@]3(O)[C@]13COC3=O)[C@@H](O)C(=O)O2. The van der Waals surface area contributed by atoms with Gasteiger partial charge in [-0.05, 0) is 12.3 Å². The number of hydrogen-bond acceptors (Lipinski definition) is 10. The van der Waals surface area contributed by atoms with Crippen LogP contribution < -0.4 is 0 Å². The molecule has 0 aromatic heterocycles. The van der Waals surface area contributed by atoms with Gasteiger partial charge in [0.1, 0.15) is 12.7 Å². The summed E-state index contributed by atoms with van der Waals surface area (Å²) in [4.78, 5) is 37.4. The van der Waals surface area contributed by atoms with Crippen molar-refractivity contribution in [1.82, 2.24) is 0 Å². The fourth-order valence-electron chi connectivity index (χ4n) is 5.78. The molecular weight excluding hydrogens is 352 g/mol. The summed E-state index contributed by atoms with van der Waals surface area (Å²) >= 11 is 0. The molecule has 4 rings (SSSR count). The van der Waals surface area contributed by atoms with E-state index in [0.29, 0.717) is 0 Å². The quantitative estimate of drug-likeness (QED) is 0.280. The summed E-state index contributed by atoms with van der Waals surface area (Å²) in [5, 5.41) is 44.0. The smallest absolute Gasteiger partial charge is 0.343 e. The van der Waals surface area contributed by atoms with E-state index in [1.54, 1.807) is 0 Å². The van der Waals surface area contributed by atoms with Crippen molar-refractivity contribution in [2.75, 3.05) is 13.7 Å². The molecule has 26 heavy (non-hydrogen) atoms. The second kappa shape index (κ2) is 4.75. The molecule has 2 spiro atoms. The predicted octanol–water partition coefficient (Wildman–Crippen LogP) is -2.76. The van der Waals surface area contributed by atoms with Crippen LogP contribution in [0, 0.1) is 16.7 Å². The third kappa shape index (κ3) is 1.38. The fraction of sp³-hybridized carbons (Fsp3) is 0.812. The molecule has 2 aliphatic carbocycles. The number of aliphatic hydroxyl groups is 4. The second-order valence-electron chi connectivity index (χ2n) is 7.73. The summed E-state index contributed by atoms with van der Waals surface area (Å²) in [5.41, 5.74) is -8.92. The maximum Gasteiger partial charge on any atom is 0.343 e. The van der Waals surface area contributed by atoms with Crippen LogP contribution in [0.3, 0.4) is 0 Å². The van der Waals surface area contributed by atoms with Gasteiger partial charge >= 0.3 is 17.9 Å². The molecule has 4 N–H and O–H groups in total. The van der Waals surface area contributed by atoms with Crippen LogP contribution >= 0.6 is 0 Å². The lowest BCUT2D eigenvalue weighted by Gasteiger charge is -2.68. The van der Waals surface area contributed by atoms with Crippen molar-refractivity contribution in [1.29, 1.82) is 0 Å². The number of ether oxygens (including phenoxy) is 3. The molecule has 10 heteroatoms. The monoisotopic (exact) mass is 372 g/mol. The highest BCUT2D eigenvalue weighted by Crippen LogP contribution is 2.72. The van der Waals surface area contributed by atoms with Crippen molar-refractivity contribution in [3.63, 3.8) is 0 Å². The van der Waals surface area contributed by atoms with E-state index in [9.17, 15) is 34.8 Å². The fourth-order valence-corrected chi connectivity index (χ4v) is 5.78. The van der Waals surface area contributed by atoms with Gasteiger partial charge in [0.05, 0.1) is 18.8 Å². The standard InChI is InChI=1S/C16H20O10/c1-6-7(17)3-15(22)13(6)4-8(26-10(19)9(13)18)16(23,12(21)24-2)14(15)5-25-11(14)20/h6-9,17-18,22-23H,3-5H2,1-2H3/t6-,7+,8-,9+,13+,14-,15-,16-/m1/s1. The summed E-state index contributed by atoms with van der Waals surface area (Å²) in [7, 11) is 0.982. The molecule has 2 aliphatic heterocycles. The van der Waals surface area contributed by atoms with Crippen LogP contribution in [0.1, 0.15) is 19.8 Å². The van der Waals surface area contributed by atoms with Crippen molar-refractivity contribution in [3.8, 4) is 0 Å². The molecule has 8 atom stereocenters. The minimum atomic E-state index is -2.71. The van der Waals surface area contributed by atoms with Gasteiger partial charge in [0.25, 0.3) is 0 Å². The van der Waals surface area contributed by atoms with E-state index in [2.05, 4.69) is 4.74 Å². The molecule has 2 bridgehead atoms. The Morgan fingerprint density at radius 2 is 1.88 bits per heavy atom. The Kier molecular flexibility index (Phi) is 3.22. The summed E-state index contributed by atoms with van der Waals surface area (Å²) < 4.78 is 14.5. The Morgan fingerprint density at radius 3 is 2.38 bits per heavy atom. The summed E-state index contributed by atoms with van der Waals surface area (Å²) in [6, 6.07) is 0. The van der Waals surface area contributed by atoms with Gasteiger partial charge < -0.3 is 34.6 Å². The van der Waals surface area contributed by atoms with E-state index < -0.39 is 77.2 Å². The number of fused-ring (bicyclic) bond motifs is 2. The third-order valence-electron chi connectivity index (χ3n) is 7.24. The maximum atomic E-state index is 12.6. The van der Waals surface area contributed by atoms with Crippen molar-refractivity contribution < 1.29 is 49.0 Å². The first-order valence-corrected chi connectivity index (χ1v) is 8.31. The van der Waals surface area contributed by atoms with Gasteiger partial charge in [-0.15, -0.1) is 0 Å². The number of rotatable bonds is 1. The molecule has 0 radical (unpaired) electrons. The van der Waals surface area contributed by atoms with Gasteiger partial charge in [0, 0.05) is 11.8 Å². The minimum Gasteiger partial charge on any atom is -0.467 e. The lowest BCUT2D eigenvalue weighted by Crippen LogP contribution is -2.88. The zero-order chi connectivity index (χ0) is 19.3. The van der Waals surface area contributed by atoms with Crippen molar-refractivity contribution in [2.45, 2.75) is 49.3 Å². The van der Waals surface area contributed by atoms with Crippen LogP contribution in [-0.4, -0.2) is 81.6 Å². The summed E-state index contributed by atoms with van der Waals surface area (Å²) in [6.45, 7) is 0.984. The number of carbonyl (C=O) groups is 3. The number of aliphatic hydroxyl groups excluding tert-OH is 2. The van der Waals surface area contributed by atoms with Crippen LogP contribution in [-0.2, 0) is 28.6 Å². The van der Waals surface area contributed by atoms with Crippen molar-refractivity contribution >= 4 is 17.9 Å². The molecular formula is C16H20O10. The first-order chi connectivity index (χ1) is 12.0. The normalized spacial score (nSPS) is 54.8. The predicted molar refractivity (Wildman–Crippen MR) is 78.0 cm³/mol. The highest BCUT2D eigenvalue weighted by Gasteiger charge is 2.91. The Balaban J connectivity index is 2.05. The molecule has 0 amide bonds. The third-order valence-corrected chi connectivity index (χ3v) is 7.24. The van der Waals surface area contributed by atoms with E-state index in [4.69, 9.17) is 9.47 Å². The zero-order valence-electron chi connectivity index (χ0n) is 14.2. The number of hydrogen-bond donors (Lipinski definition) is 4. The number of esters is 3. The molecule has 2 saturated heterocycles. The maximum absolute atomic E-state index is 12.6. The van der Waals surface area contributed by atoms with Crippen LogP contribution in [0.15, 0.2) is 0 Å². The van der Waals surface area contributed by atoms with E-state index >= 15 is 0 Å². The van der Waals surface area contributed by atoms with Crippen LogP contribution in [0.4, 0.5) is 0 Å². The van der Waals surface area contributed by atoms with E-state index in [0.717, 1.165) is 7.11 Å². The molecule has 4 aliphatic rings. The van der Waals surface area contributed by atoms with Gasteiger partial charge in [0.2, 0.25) is 5.60 Å². The first-order valence-electron chi connectivity index (χ1n) is 8.31.